The third kappa shape index (κ3) is 1.64. The van der Waals surface area contributed by atoms with Gasteiger partial charge in [0.25, 0.3) is 0 Å². The van der Waals surface area contributed by atoms with Crippen molar-refractivity contribution in [1.82, 2.24) is 4.90 Å². The molecule has 0 N–H and O–H groups in total. The number of hydrogen-bond acceptors (Lipinski definition) is 5. The molecule has 0 aromatic heterocycles. The van der Waals surface area contributed by atoms with Crippen molar-refractivity contribution in [3.63, 3.8) is 0 Å². The van der Waals surface area contributed by atoms with E-state index in [9.17, 15) is 9.59 Å². The van der Waals surface area contributed by atoms with Gasteiger partial charge in [-0.15, -0.1) is 0 Å². The predicted molar refractivity (Wildman–Crippen MR) is 102 cm³/mol. The smallest absolute Gasteiger partial charge is 0.321 e. The number of esters is 1. The maximum absolute atomic E-state index is 13.5. The Morgan fingerprint density at radius 2 is 2.07 bits per heavy atom. The summed E-state index contributed by atoms with van der Waals surface area (Å²) in [5, 5.41) is 0. The Morgan fingerprint density at radius 3 is 2.81 bits per heavy atom. The molecule has 1 aliphatic carbocycles. The molecule has 5 nitrogen and oxygen atoms in total. The molecular weight excluding hydrogens is 340 g/mol. The van der Waals surface area contributed by atoms with Gasteiger partial charge in [-0.3, -0.25) is 14.7 Å². The Kier molecular flexibility index (Phi) is 3.36. The maximum atomic E-state index is 13.5. The van der Waals surface area contributed by atoms with Gasteiger partial charge in [0.1, 0.15) is 11.7 Å². The zero-order valence-corrected chi connectivity index (χ0v) is 15.8. The lowest BCUT2D eigenvalue weighted by molar-refractivity contribution is -0.177. The molecule has 3 bridgehead atoms. The molecule has 4 atom stereocenters. The molecule has 3 aliphatic heterocycles. The number of aldehydes is 1. The van der Waals surface area contributed by atoms with E-state index < -0.39 is 22.2 Å². The van der Waals surface area contributed by atoms with Crippen LogP contribution in [0.4, 0.5) is 5.69 Å². The van der Waals surface area contributed by atoms with E-state index in [0.29, 0.717) is 6.42 Å². The van der Waals surface area contributed by atoms with E-state index in [1.165, 1.54) is 7.11 Å². The number of ether oxygens (including phenoxy) is 1. The number of rotatable bonds is 3. The van der Waals surface area contributed by atoms with Crippen LogP contribution in [0, 0.1) is 10.8 Å². The van der Waals surface area contributed by atoms with Crippen molar-refractivity contribution in [2.24, 2.45) is 15.8 Å². The fraction of sp³-hybridized carbons (Fsp3) is 0.500. The number of fused-ring (bicyclic) bond motifs is 2. The average molecular weight is 364 g/mol. The molecule has 2 saturated heterocycles. The molecule has 1 aromatic rings. The van der Waals surface area contributed by atoms with Crippen LogP contribution < -0.4 is 0 Å². The van der Waals surface area contributed by atoms with Crippen molar-refractivity contribution in [3.8, 4) is 0 Å². The molecule has 3 fully saturated rings. The zero-order chi connectivity index (χ0) is 18.9. The number of nitrogens with zero attached hydrogens (tertiary/aromatic N) is 2. The number of benzene rings is 1. The van der Waals surface area contributed by atoms with E-state index >= 15 is 0 Å². The van der Waals surface area contributed by atoms with Crippen LogP contribution in [0.25, 0.3) is 0 Å². The minimum Gasteiger partial charge on any atom is -0.468 e. The van der Waals surface area contributed by atoms with E-state index in [-0.39, 0.29) is 6.04 Å². The number of allylic oxidation sites excluding steroid dienone is 2. The number of carbonyl (C=O) groups is 2. The number of piperidine rings is 2. The van der Waals surface area contributed by atoms with Crippen LogP contribution in [0.15, 0.2) is 41.4 Å². The average Bonchev–Trinajstić information content (AvgIpc) is 3.04. The highest BCUT2D eigenvalue weighted by atomic mass is 16.5. The van der Waals surface area contributed by atoms with Gasteiger partial charge in [-0.1, -0.05) is 30.4 Å². The van der Waals surface area contributed by atoms with Crippen LogP contribution in [0.2, 0.25) is 0 Å². The second-order valence-corrected chi connectivity index (χ2v) is 8.25. The first kappa shape index (κ1) is 16.9. The summed E-state index contributed by atoms with van der Waals surface area (Å²) in [6.07, 6.45) is 7.23. The number of hydrogen-bond donors (Lipinski definition) is 0. The Morgan fingerprint density at radius 1 is 1.30 bits per heavy atom. The van der Waals surface area contributed by atoms with Gasteiger partial charge in [-0.25, -0.2) is 0 Å². The number of carbonyl (C=O) groups excluding carboxylic acids is 2. The fourth-order valence-corrected chi connectivity index (χ4v) is 6.64. The van der Waals surface area contributed by atoms with Gasteiger partial charge in [0, 0.05) is 23.7 Å². The molecule has 27 heavy (non-hydrogen) atoms. The minimum atomic E-state index is -1.28. The van der Waals surface area contributed by atoms with Crippen LogP contribution in [-0.4, -0.2) is 49.1 Å². The molecule has 0 radical (unpaired) electrons. The summed E-state index contributed by atoms with van der Waals surface area (Å²) < 4.78 is 5.34. The van der Waals surface area contributed by atoms with Crippen LogP contribution in [0.5, 0.6) is 0 Å². The number of aliphatic imine (C=N–C) groups is 1. The van der Waals surface area contributed by atoms with Crippen molar-refractivity contribution < 1.29 is 14.3 Å². The van der Waals surface area contributed by atoms with Gasteiger partial charge in [0.05, 0.1) is 18.2 Å². The molecular formula is C22H24N2O3. The van der Waals surface area contributed by atoms with Crippen LogP contribution in [0.1, 0.15) is 31.7 Å². The van der Waals surface area contributed by atoms with Crippen LogP contribution >= 0.6 is 0 Å². The summed E-state index contributed by atoms with van der Waals surface area (Å²) >= 11 is 0. The summed E-state index contributed by atoms with van der Waals surface area (Å²) in [7, 11) is 1.40. The van der Waals surface area contributed by atoms with Gasteiger partial charge in [0.15, 0.2) is 0 Å². The third-order valence-electron chi connectivity index (χ3n) is 7.60. The van der Waals surface area contributed by atoms with E-state index in [4.69, 9.17) is 9.73 Å². The SMILES string of the molecule is CC=C[C@]12CCN3CC[C@]4(C(=Nc5ccccc54)[C@H]3C1)[C@@]2(C=O)C(=O)OC. The second kappa shape index (κ2) is 5.38. The molecule has 0 spiro atoms. The fourth-order valence-electron chi connectivity index (χ4n) is 6.64. The van der Waals surface area contributed by atoms with Crippen molar-refractivity contribution >= 4 is 23.7 Å². The highest BCUT2D eigenvalue weighted by Crippen LogP contribution is 2.69. The lowest BCUT2D eigenvalue weighted by Gasteiger charge is -2.66. The maximum Gasteiger partial charge on any atom is 0.321 e. The number of para-hydroxylation sites is 1. The van der Waals surface area contributed by atoms with Crippen molar-refractivity contribution in [2.45, 2.75) is 37.6 Å². The predicted octanol–water partition coefficient (Wildman–Crippen LogP) is 2.81. The summed E-state index contributed by atoms with van der Waals surface area (Å²) in [6, 6.07) is 8.18. The lowest BCUT2D eigenvalue weighted by atomic mass is 9.38. The van der Waals surface area contributed by atoms with Gasteiger partial charge in [-0.2, -0.15) is 0 Å². The van der Waals surface area contributed by atoms with Crippen molar-refractivity contribution in [2.75, 3.05) is 20.2 Å². The first-order valence-corrected chi connectivity index (χ1v) is 9.71. The van der Waals surface area contributed by atoms with E-state index in [1.54, 1.807) is 0 Å². The lowest BCUT2D eigenvalue weighted by Crippen LogP contribution is -2.77. The summed E-state index contributed by atoms with van der Waals surface area (Å²) in [5.41, 5.74) is 0.361. The van der Waals surface area contributed by atoms with E-state index in [2.05, 4.69) is 11.0 Å². The van der Waals surface area contributed by atoms with Gasteiger partial charge in [-0.05, 0) is 44.4 Å². The van der Waals surface area contributed by atoms with Crippen LogP contribution in [0.3, 0.4) is 0 Å². The Bertz CT molecular complexity index is 907. The van der Waals surface area contributed by atoms with Gasteiger partial charge in [0.2, 0.25) is 0 Å². The normalized spacial score (nSPS) is 39.0. The highest BCUT2D eigenvalue weighted by Gasteiger charge is 2.77. The highest BCUT2D eigenvalue weighted by molar-refractivity contribution is 6.16. The molecule has 5 heteroatoms. The topological polar surface area (TPSA) is 59.0 Å². The third-order valence-corrected chi connectivity index (χ3v) is 7.60. The Labute approximate surface area is 159 Å². The molecule has 0 unspecified atom stereocenters. The Hall–Kier alpha value is -2.27. The summed E-state index contributed by atoms with van der Waals surface area (Å²) in [4.78, 5) is 34.0. The molecule has 0 amide bonds. The van der Waals surface area contributed by atoms with Crippen molar-refractivity contribution in [1.29, 1.82) is 0 Å². The van der Waals surface area contributed by atoms with Gasteiger partial charge >= 0.3 is 5.97 Å². The first-order valence-electron chi connectivity index (χ1n) is 9.71. The molecule has 4 aliphatic rings. The number of methoxy groups -OCH3 is 1. The summed E-state index contributed by atoms with van der Waals surface area (Å²) in [6.45, 7) is 3.71. The molecule has 140 valence electrons. The standard InChI is InChI=1S/C22H24N2O3/c1-3-8-20-9-11-24-12-10-21(22(20,14-25)19(26)27-2)15-6-4-5-7-16(15)23-18(21)17(24)13-20/h3-8,14,17H,9-13H2,1-2H3/t17-,20+,21+,22+/m1/s1. The van der Waals surface area contributed by atoms with E-state index in [1.807, 2.05) is 37.3 Å². The quantitative estimate of drug-likeness (QED) is 0.358. The summed E-state index contributed by atoms with van der Waals surface area (Å²) in [5.74, 6) is -0.422. The van der Waals surface area contributed by atoms with Crippen molar-refractivity contribution in [3.05, 3.63) is 42.0 Å². The Balaban J connectivity index is 1.91. The largest absolute Gasteiger partial charge is 0.468 e. The zero-order valence-electron chi connectivity index (χ0n) is 15.8. The van der Waals surface area contributed by atoms with Gasteiger partial charge < -0.3 is 9.53 Å². The monoisotopic (exact) mass is 364 g/mol. The molecule has 1 aromatic carbocycles. The molecule has 1 saturated carbocycles. The van der Waals surface area contributed by atoms with Crippen LogP contribution in [-0.2, 0) is 19.7 Å². The molecule has 3 heterocycles. The molecule has 5 rings (SSSR count). The second-order valence-electron chi connectivity index (χ2n) is 8.25. The minimum absolute atomic E-state index is 0.175. The van der Waals surface area contributed by atoms with E-state index in [0.717, 1.165) is 49.2 Å². The first-order chi connectivity index (χ1) is 13.1.